The van der Waals surface area contributed by atoms with Crippen molar-refractivity contribution in [1.82, 2.24) is 25.5 Å². The minimum absolute atomic E-state index is 0.0955. The average molecular weight is 495 g/mol. The van der Waals surface area contributed by atoms with E-state index in [1.807, 2.05) is 45.9 Å². The number of rotatable bonds is 8. The molecule has 9 nitrogen and oxygen atoms in total. The second-order valence-electron chi connectivity index (χ2n) is 8.81. The molecule has 0 aliphatic rings. The summed E-state index contributed by atoms with van der Waals surface area (Å²) in [5.74, 6) is 2.49. The summed E-state index contributed by atoms with van der Waals surface area (Å²) in [5.41, 5.74) is 1.03. The van der Waals surface area contributed by atoms with E-state index < -0.39 is 0 Å². The Kier molecular flexibility index (Phi) is 7.07. The monoisotopic (exact) mass is 494 g/mol. The maximum atomic E-state index is 12.1. The number of aromatic amines is 1. The van der Waals surface area contributed by atoms with Crippen molar-refractivity contribution in [2.75, 3.05) is 18.5 Å². The van der Waals surface area contributed by atoms with Gasteiger partial charge in [0, 0.05) is 17.2 Å². The smallest absolute Gasteiger partial charge is 0.258 e. The highest BCUT2D eigenvalue weighted by Crippen LogP contribution is 2.38. The van der Waals surface area contributed by atoms with Gasteiger partial charge in [0.1, 0.15) is 23.1 Å². The lowest BCUT2D eigenvalue weighted by Gasteiger charge is -2.20. The molecule has 1 amide bonds. The molecule has 0 aliphatic heterocycles. The van der Waals surface area contributed by atoms with E-state index in [1.165, 1.54) is 0 Å². The Hall–Kier alpha value is -3.85. The Morgan fingerprint density at radius 1 is 1.11 bits per heavy atom. The first-order valence-corrected chi connectivity index (χ1v) is 11.5. The number of aromatic nitrogens is 4. The third-order valence-corrected chi connectivity index (χ3v) is 5.17. The number of halogens is 1. The molecule has 0 unspecified atom stereocenters. The second kappa shape index (κ2) is 10.2. The number of hydrogen-bond acceptors (Lipinski definition) is 7. The predicted octanol–water partition coefficient (Wildman–Crippen LogP) is 5.11. The molecule has 3 N–H and O–H groups in total. The van der Waals surface area contributed by atoms with Crippen LogP contribution in [-0.4, -0.2) is 44.8 Å². The lowest BCUT2D eigenvalue weighted by Crippen LogP contribution is -2.43. The van der Waals surface area contributed by atoms with E-state index in [-0.39, 0.29) is 18.1 Å². The number of carbonyl (C=O) groups excluding carboxylic acids is 1. The predicted molar refractivity (Wildman–Crippen MR) is 136 cm³/mol. The van der Waals surface area contributed by atoms with Crippen LogP contribution in [0, 0.1) is 0 Å². The van der Waals surface area contributed by atoms with Gasteiger partial charge in [0.2, 0.25) is 0 Å². The number of benzene rings is 2. The summed E-state index contributed by atoms with van der Waals surface area (Å²) in [6.45, 7) is 8.03. The van der Waals surface area contributed by atoms with Gasteiger partial charge in [-0.15, -0.1) is 0 Å². The molecule has 182 valence electrons. The lowest BCUT2D eigenvalue weighted by atomic mass is 10.1. The summed E-state index contributed by atoms with van der Waals surface area (Å²) in [4.78, 5) is 21.6. The fourth-order valence-electron chi connectivity index (χ4n) is 3.43. The maximum absolute atomic E-state index is 12.1. The first-order chi connectivity index (χ1) is 16.7. The van der Waals surface area contributed by atoms with Crippen molar-refractivity contribution in [2.24, 2.45) is 0 Å². The molecule has 10 heteroatoms. The molecular formula is C25H27ClN6O3. The van der Waals surface area contributed by atoms with Gasteiger partial charge in [-0.05, 0) is 52.0 Å². The zero-order chi connectivity index (χ0) is 25.0. The fourth-order valence-corrected chi connectivity index (χ4v) is 3.74. The summed E-state index contributed by atoms with van der Waals surface area (Å²) in [6, 6.07) is 12.7. The average Bonchev–Trinajstić information content (AvgIpc) is 3.31. The Labute approximate surface area is 208 Å². The SMILES string of the molecule is CCOc1ccc2nc(-c3cccc(OCC(=O)NC(C)(C)C)c3)nc(Nc3ccn[nH]3)c2c1Cl. The molecule has 35 heavy (non-hydrogen) atoms. The van der Waals surface area contributed by atoms with E-state index in [0.717, 1.165) is 5.56 Å². The van der Waals surface area contributed by atoms with Crippen molar-refractivity contribution < 1.29 is 14.3 Å². The summed E-state index contributed by atoms with van der Waals surface area (Å²) >= 11 is 6.68. The van der Waals surface area contributed by atoms with Crippen LogP contribution >= 0.6 is 11.6 Å². The fraction of sp³-hybridized carbons (Fsp3) is 0.280. The summed E-state index contributed by atoms with van der Waals surface area (Å²) in [7, 11) is 0. The van der Waals surface area contributed by atoms with E-state index in [4.69, 9.17) is 31.0 Å². The zero-order valence-electron chi connectivity index (χ0n) is 20.0. The Morgan fingerprint density at radius 3 is 2.66 bits per heavy atom. The van der Waals surface area contributed by atoms with E-state index >= 15 is 0 Å². The van der Waals surface area contributed by atoms with Crippen molar-refractivity contribution >= 4 is 40.0 Å². The molecule has 0 atom stereocenters. The van der Waals surface area contributed by atoms with Gasteiger partial charge >= 0.3 is 0 Å². The third kappa shape index (κ3) is 5.99. The van der Waals surface area contributed by atoms with Crippen LogP contribution in [0.15, 0.2) is 48.7 Å². The first-order valence-electron chi connectivity index (χ1n) is 11.2. The van der Waals surface area contributed by atoms with Crippen LogP contribution in [0.1, 0.15) is 27.7 Å². The maximum Gasteiger partial charge on any atom is 0.258 e. The van der Waals surface area contributed by atoms with Gasteiger partial charge in [0.05, 0.1) is 28.7 Å². The van der Waals surface area contributed by atoms with E-state index in [2.05, 4.69) is 20.8 Å². The molecule has 2 aromatic heterocycles. The van der Waals surface area contributed by atoms with Crippen molar-refractivity contribution in [3.63, 3.8) is 0 Å². The largest absolute Gasteiger partial charge is 0.492 e. The summed E-state index contributed by atoms with van der Waals surface area (Å²) in [5, 5.41) is 14.0. The molecule has 0 aliphatic carbocycles. The van der Waals surface area contributed by atoms with Crippen molar-refractivity contribution in [1.29, 1.82) is 0 Å². The summed E-state index contributed by atoms with van der Waals surface area (Å²) < 4.78 is 11.4. The molecule has 0 spiro atoms. The third-order valence-electron chi connectivity index (χ3n) is 4.80. The van der Waals surface area contributed by atoms with Gasteiger partial charge in [0.15, 0.2) is 12.4 Å². The number of carbonyl (C=O) groups is 1. The minimum atomic E-state index is -0.331. The number of H-pyrrole nitrogens is 1. The highest BCUT2D eigenvalue weighted by atomic mass is 35.5. The molecule has 0 saturated carbocycles. The highest BCUT2D eigenvalue weighted by molar-refractivity contribution is 6.38. The lowest BCUT2D eigenvalue weighted by molar-refractivity contribution is -0.124. The molecule has 4 aromatic rings. The van der Waals surface area contributed by atoms with E-state index in [9.17, 15) is 4.79 Å². The van der Waals surface area contributed by atoms with Crippen LogP contribution < -0.4 is 20.1 Å². The van der Waals surface area contributed by atoms with Crippen LogP contribution in [0.4, 0.5) is 11.6 Å². The van der Waals surface area contributed by atoms with Crippen LogP contribution in [0.2, 0.25) is 5.02 Å². The Morgan fingerprint density at radius 2 is 1.94 bits per heavy atom. The highest BCUT2D eigenvalue weighted by Gasteiger charge is 2.17. The van der Waals surface area contributed by atoms with E-state index in [1.54, 1.807) is 30.5 Å². The van der Waals surface area contributed by atoms with Crippen LogP contribution in [0.5, 0.6) is 11.5 Å². The molecular weight excluding hydrogens is 468 g/mol. The quantitative estimate of drug-likeness (QED) is 0.312. The normalized spacial score (nSPS) is 11.3. The van der Waals surface area contributed by atoms with E-state index in [0.29, 0.717) is 51.5 Å². The molecule has 0 radical (unpaired) electrons. The van der Waals surface area contributed by atoms with Gasteiger partial charge in [-0.25, -0.2) is 9.97 Å². The van der Waals surface area contributed by atoms with Gasteiger partial charge in [-0.2, -0.15) is 5.10 Å². The summed E-state index contributed by atoms with van der Waals surface area (Å²) in [6.07, 6.45) is 1.64. The van der Waals surface area contributed by atoms with Crippen molar-refractivity contribution in [3.05, 3.63) is 53.7 Å². The number of anilines is 2. The second-order valence-corrected chi connectivity index (χ2v) is 9.19. The number of ether oxygens (including phenoxy) is 2. The minimum Gasteiger partial charge on any atom is -0.492 e. The van der Waals surface area contributed by atoms with Crippen LogP contribution in [0.3, 0.4) is 0 Å². The molecule has 0 saturated heterocycles. The molecule has 2 aromatic carbocycles. The Bertz CT molecular complexity index is 1340. The van der Waals surface area contributed by atoms with Gasteiger partial charge in [-0.3, -0.25) is 9.89 Å². The number of nitrogens with zero attached hydrogens (tertiary/aromatic N) is 3. The number of nitrogens with one attached hydrogen (secondary N) is 3. The van der Waals surface area contributed by atoms with Gasteiger partial charge in [-0.1, -0.05) is 23.7 Å². The van der Waals surface area contributed by atoms with Crippen molar-refractivity contribution in [2.45, 2.75) is 33.2 Å². The molecule has 4 rings (SSSR count). The number of amides is 1. The zero-order valence-corrected chi connectivity index (χ0v) is 20.7. The topological polar surface area (TPSA) is 114 Å². The first kappa shape index (κ1) is 24.3. The van der Waals surface area contributed by atoms with Crippen LogP contribution in [-0.2, 0) is 4.79 Å². The molecule has 2 heterocycles. The Balaban J connectivity index is 1.69. The molecule has 0 fully saturated rings. The standard InChI is InChI=1S/C25H27ClN6O3/c1-5-34-18-10-9-17-21(22(18)26)24(29-19-11-12-27-32-19)30-23(28-17)15-7-6-8-16(13-15)35-14-20(33)31-25(2,3)4/h6-13H,5,14H2,1-4H3,(H,31,33)(H2,27,28,29,30,32). The van der Waals surface area contributed by atoms with Crippen LogP contribution in [0.25, 0.3) is 22.3 Å². The number of fused-ring (bicyclic) bond motifs is 1. The molecule has 0 bridgehead atoms. The number of hydrogen-bond donors (Lipinski definition) is 3. The van der Waals surface area contributed by atoms with Gasteiger partial charge in [0.25, 0.3) is 5.91 Å². The van der Waals surface area contributed by atoms with Gasteiger partial charge < -0.3 is 20.1 Å². The van der Waals surface area contributed by atoms with Crippen molar-refractivity contribution in [3.8, 4) is 22.9 Å².